The summed E-state index contributed by atoms with van der Waals surface area (Å²) in [4.78, 5) is 15.4. The largest absolute Gasteiger partial charge is 0.493 e. The summed E-state index contributed by atoms with van der Waals surface area (Å²) in [6, 6.07) is 9.92. The topological polar surface area (TPSA) is 60.0 Å². The monoisotopic (exact) mass is 442 g/mol. The van der Waals surface area contributed by atoms with Crippen LogP contribution in [0.15, 0.2) is 42.0 Å². The van der Waals surface area contributed by atoms with Gasteiger partial charge in [0.25, 0.3) is 5.91 Å². The van der Waals surface area contributed by atoms with Crippen molar-refractivity contribution in [1.29, 1.82) is 0 Å². The van der Waals surface area contributed by atoms with Gasteiger partial charge in [-0.15, -0.1) is 0 Å². The molecule has 0 saturated carbocycles. The molecule has 0 aliphatic carbocycles. The normalized spacial score (nSPS) is 16.0. The fraction of sp³-hybridized carbons (Fsp3) is 0.400. The van der Waals surface area contributed by atoms with Gasteiger partial charge in [0.05, 0.1) is 21.3 Å². The van der Waals surface area contributed by atoms with Crippen LogP contribution in [0.3, 0.4) is 0 Å². The molecule has 1 N–H and O–H groups in total. The van der Waals surface area contributed by atoms with E-state index in [9.17, 15) is 9.18 Å². The Morgan fingerprint density at radius 3 is 2.31 bits per heavy atom. The molecule has 7 heteroatoms. The van der Waals surface area contributed by atoms with Crippen LogP contribution in [0.25, 0.3) is 6.08 Å². The molecule has 1 aliphatic rings. The van der Waals surface area contributed by atoms with Crippen molar-refractivity contribution in [3.63, 3.8) is 0 Å². The maximum absolute atomic E-state index is 13.6. The first-order valence-corrected chi connectivity index (χ1v) is 10.7. The predicted octanol–water partition coefficient (Wildman–Crippen LogP) is 4.15. The van der Waals surface area contributed by atoms with Crippen LogP contribution in [0.5, 0.6) is 17.2 Å². The van der Waals surface area contributed by atoms with Crippen molar-refractivity contribution in [1.82, 2.24) is 10.2 Å². The first-order chi connectivity index (χ1) is 15.4. The van der Waals surface area contributed by atoms with Crippen molar-refractivity contribution in [2.45, 2.75) is 25.8 Å². The smallest absolute Gasteiger partial charge is 0.254 e. The molecule has 32 heavy (non-hydrogen) atoms. The van der Waals surface area contributed by atoms with Crippen LogP contribution in [0.4, 0.5) is 4.39 Å². The van der Waals surface area contributed by atoms with E-state index >= 15 is 0 Å². The summed E-state index contributed by atoms with van der Waals surface area (Å²) in [6.07, 6.45) is 4.10. The molecule has 0 radical (unpaired) electrons. The summed E-state index contributed by atoms with van der Waals surface area (Å²) in [5.74, 6) is 0.930. The Hall–Kier alpha value is -3.06. The molecule has 1 aliphatic heterocycles. The third-order valence-electron chi connectivity index (χ3n) is 5.53. The van der Waals surface area contributed by atoms with Crippen molar-refractivity contribution >= 4 is 12.0 Å². The Bertz CT molecular complexity index is 928. The van der Waals surface area contributed by atoms with Gasteiger partial charge < -0.3 is 24.4 Å². The molecule has 172 valence electrons. The van der Waals surface area contributed by atoms with Gasteiger partial charge >= 0.3 is 0 Å². The van der Waals surface area contributed by atoms with Crippen molar-refractivity contribution < 1.29 is 23.4 Å². The lowest BCUT2D eigenvalue weighted by Crippen LogP contribution is -2.42. The summed E-state index contributed by atoms with van der Waals surface area (Å²) in [5, 5.41) is 3.46. The quantitative estimate of drug-likeness (QED) is 0.632. The summed E-state index contributed by atoms with van der Waals surface area (Å²) in [5.41, 5.74) is 2.35. The minimum absolute atomic E-state index is 0.121. The van der Waals surface area contributed by atoms with E-state index in [4.69, 9.17) is 14.2 Å². The van der Waals surface area contributed by atoms with E-state index in [1.165, 1.54) is 33.5 Å². The molecule has 1 heterocycles. The Kier molecular flexibility index (Phi) is 8.11. The van der Waals surface area contributed by atoms with Crippen molar-refractivity contribution in [3.8, 4) is 17.2 Å². The van der Waals surface area contributed by atoms with Gasteiger partial charge in [0.1, 0.15) is 5.82 Å². The third kappa shape index (κ3) is 5.79. The maximum Gasteiger partial charge on any atom is 0.254 e. The molecule has 1 amide bonds. The number of amides is 1. The number of methoxy groups -OCH3 is 3. The van der Waals surface area contributed by atoms with Gasteiger partial charge in [0.2, 0.25) is 5.75 Å². The molecule has 2 aromatic rings. The Morgan fingerprint density at radius 1 is 1.12 bits per heavy atom. The van der Waals surface area contributed by atoms with Crippen LogP contribution >= 0.6 is 0 Å². The summed E-state index contributed by atoms with van der Waals surface area (Å²) in [7, 11) is 4.59. The van der Waals surface area contributed by atoms with Crippen molar-refractivity contribution in [3.05, 3.63) is 58.9 Å². The van der Waals surface area contributed by atoms with Gasteiger partial charge in [-0.2, -0.15) is 0 Å². The van der Waals surface area contributed by atoms with Crippen LogP contribution in [-0.2, 0) is 0 Å². The first kappa shape index (κ1) is 23.6. The standard InChI is InChI=1S/C25H31FN2O4/c1-17(12-18-7-9-20(26)10-8-18)15-28(16-21-6-5-11-27-21)25(29)19-13-22(30-2)24(32-4)23(14-19)31-3/h7-10,12-14,21,27H,5-6,11,15-16H2,1-4H3. The van der Waals surface area contributed by atoms with E-state index < -0.39 is 0 Å². The van der Waals surface area contributed by atoms with Crippen molar-refractivity contribution in [2.24, 2.45) is 0 Å². The van der Waals surface area contributed by atoms with Crippen molar-refractivity contribution in [2.75, 3.05) is 41.0 Å². The van der Waals surface area contributed by atoms with E-state index in [1.54, 1.807) is 24.3 Å². The average molecular weight is 443 g/mol. The number of rotatable bonds is 9. The fourth-order valence-electron chi connectivity index (χ4n) is 3.98. The van der Waals surface area contributed by atoms with E-state index in [0.29, 0.717) is 35.9 Å². The van der Waals surface area contributed by atoms with Gasteiger partial charge in [-0.25, -0.2) is 4.39 Å². The Morgan fingerprint density at radius 2 is 1.78 bits per heavy atom. The maximum atomic E-state index is 13.6. The van der Waals surface area contributed by atoms with Crippen LogP contribution in [0, 0.1) is 5.82 Å². The lowest BCUT2D eigenvalue weighted by molar-refractivity contribution is 0.0756. The zero-order chi connectivity index (χ0) is 23.1. The Balaban J connectivity index is 1.89. The minimum Gasteiger partial charge on any atom is -0.493 e. The zero-order valence-electron chi connectivity index (χ0n) is 19.1. The molecule has 6 nitrogen and oxygen atoms in total. The average Bonchev–Trinajstić information content (AvgIpc) is 3.31. The summed E-state index contributed by atoms with van der Waals surface area (Å²) in [6.45, 7) is 3.97. The number of carbonyl (C=O) groups excluding carboxylic acids is 1. The second-order valence-electron chi connectivity index (χ2n) is 7.94. The first-order valence-electron chi connectivity index (χ1n) is 10.7. The number of hydrogen-bond acceptors (Lipinski definition) is 5. The number of halogens is 1. The highest BCUT2D eigenvalue weighted by atomic mass is 19.1. The molecule has 1 atom stereocenters. The van der Waals surface area contributed by atoms with E-state index in [1.807, 2.05) is 17.9 Å². The lowest BCUT2D eigenvalue weighted by atomic mass is 10.1. The van der Waals surface area contributed by atoms with Gasteiger partial charge in [-0.1, -0.05) is 23.8 Å². The van der Waals surface area contributed by atoms with E-state index in [0.717, 1.165) is 30.5 Å². The number of nitrogens with one attached hydrogen (secondary N) is 1. The van der Waals surface area contributed by atoms with Gasteiger partial charge in [-0.3, -0.25) is 4.79 Å². The van der Waals surface area contributed by atoms with Crippen LogP contribution in [-0.4, -0.2) is 57.8 Å². The fourth-order valence-corrected chi connectivity index (χ4v) is 3.98. The highest BCUT2D eigenvalue weighted by Crippen LogP contribution is 2.38. The molecular formula is C25H31FN2O4. The molecule has 2 aromatic carbocycles. The number of hydrogen-bond donors (Lipinski definition) is 1. The molecule has 1 unspecified atom stereocenters. The number of carbonyl (C=O) groups is 1. The highest BCUT2D eigenvalue weighted by molar-refractivity contribution is 5.96. The number of nitrogens with zero attached hydrogens (tertiary/aromatic N) is 1. The zero-order valence-corrected chi connectivity index (χ0v) is 19.1. The lowest BCUT2D eigenvalue weighted by Gasteiger charge is -2.27. The molecule has 0 spiro atoms. The molecule has 1 saturated heterocycles. The van der Waals surface area contributed by atoms with Crippen LogP contribution in [0.1, 0.15) is 35.7 Å². The Labute approximate surface area is 189 Å². The number of ether oxygens (including phenoxy) is 3. The number of benzene rings is 2. The minimum atomic E-state index is -0.272. The second-order valence-corrected chi connectivity index (χ2v) is 7.94. The van der Waals surface area contributed by atoms with E-state index in [2.05, 4.69) is 5.32 Å². The molecule has 3 rings (SSSR count). The van der Waals surface area contributed by atoms with Gasteiger partial charge in [0.15, 0.2) is 11.5 Å². The molecule has 1 fully saturated rings. The third-order valence-corrected chi connectivity index (χ3v) is 5.53. The van der Waals surface area contributed by atoms with Gasteiger partial charge in [0, 0.05) is 24.7 Å². The second kappa shape index (κ2) is 11.0. The summed E-state index contributed by atoms with van der Waals surface area (Å²) >= 11 is 0. The van der Waals surface area contributed by atoms with Crippen LogP contribution in [0.2, 0.25) is 0 Å². The van der Waals surface area contributed by atoms with Crippen LogP contribution < -0.4 is 19.5 Å². The van der Waals surface area contributed by atoms with E-state index in [-0.39, 0.29) is 17.8 Å². The summed E-state index contributed by atoms with van der Waals surface area (Å²) < 4.78 is 29.4. The predicted molar refractivity (Wildman–Crippen MR) is 123 cm³/mol. The highest BCUT2D eigenvalue weighted by Gasteiger charge is 2.25. The molecule has 0 bridgehead atoms. The molecule has 0 aromatic heterocycles. The SMILES string of the molecule is COc1cc(C(=O)N(CC(C)=Cc2ccc(F)cc2)CC2CCCN2)cc(OC)c1OC. The molecular weight excluding hydrogens is 411 g/mol. The van der Waals surface area contributed by atoms with Gasteiger partial charge in [-0.05, 0) is 56.1 Å².